The van der Waals surface area contributed by atoms with E-state index < -0.39 is 17.7 Å². The van der Waals surface area contributed by atoms with Crippen LogP contribution in [-0.2, 0) is 10.7 Å². The average Bonchev–Trinajstić information content (AvgIpc) is 2.83. The average molecular weight is 515 g/mol. The third-order valence-electron chi connectivity index (χ3n) is 7.40. The molecule has 36 heavy (non-hydrogen) atoms. The minimum atomic E-state index is -5.72. The molecule has 1 aromatic carbocycles. The molecule has 0 bridgehead atoms. The molecular weight excluding hydrogens is 483 g/mol. The predicted octanol–water partition coefficient (Wildman–Crippen LogP) is 4.43. The maximum absolute atomic E-state index is 13.8. The summed E-state index contributed by atoms with van der Waals surface area (Å²) >= 11 is 0. The van der Waals surface area contributed by atoms with Crippen LogP contribution in [0, 0.1) is 5.92 Å². The number of nitrogens with zero attached hydrogens (tertiary/aromatic N) is 2. The second-order valence-corrected chi connectivity index (χ2v) is 9.78. The SMILES string of the molecule is CCC(O)[C@H]1CC[C@H](N2CC(NC(=O)CNc3nccc4ccc(C(F)(F)C(F)(F)F)cc34)C2)CC1. The van der Waals surface area contributed by atoms with Crippen molar-refractivity contribution in [3.8, 4) is 0 Å². The van der Waals surface area contributed by atoms with Crippen LogP contribution in [-0.4, -0.2) is 64.9 Å². The lowest BCUT2D eigenvalue weighted by atomic mass is 9.80. The Morgan fingerprint density at radius 2 is 1.83 bits per heavy atom. The maximum atomic E-state index is 13.8. The Bertz CT molecular complexity index is 1070. The molecule has 198 valence electrons. The number of anilines is 1. The van der Waals surface area contributed by atoms with Gasteiger partial charge in [-0.15, -0.1) is 0 Å². The zero-order valence-corrected chi connectivity index (χ0v) is 20.0. The molecule has 0 spiro atoms. The van der Waals surface area contributed by atoms with Crippen LogP contribution < -0.4 is 10.6 Å². The molecule has 1 aliphatic carbocycles. The summed E-state index contributed by atoms with van der Waals surface area (Å²) in [4.78, 5) is 18.8. The number of rotatable bonds is 8. The molecule has 2 fully saturated rings. The van der Waals surface area contributed by atoms with E-state index in [-0.39, 0.29) is 35.8 Å². The molecule has 2 aromatic rings. The number of halogens is 5. The third kappa shape index (κ3) is 5.56. The fraction of sp³-hybridized carbons (Fsp3) is 0.600. The minimum Gasteiger partial charge on any atom is -0.393 e. The smallest absolute Gasteiger partial charge is 0.393 e. The molecular formula is C25H31F5N4O2. The molecule has 6 nitrogen and oxygen atoms in total. The first-order chi connectivity index (χ1) is 17.0. The molecule has 1 saturated heterocycles. The first kappa shape index (κ1) is 26.5. The topological polar surface area (TPSA) is 77.5 Å². The van der Waals surface area contributed by atoms with Gasteiger partial charge in [-0.2, -0.15) is 22.0 Å². The second kappa shape index (κ2) is 10.5. The van der Waals surface area contributed by atoms with Crippen molar-refractivity contribution in [2.75, 3.05) is 25.0 Å². The number of nitrogens with one attached hydrogen (secondary N) is 2. The van der Waals surface area contributed by atoms with Crippen molar-refractivity contribution < 1.29 is 31.9 Å². The minimum absolute atomic E-state index is 0.00388. The highest BCUT2D eigenvalue weighted by atomic mass is 19.4. The van der Waals surface area contributed by atoms with Gasteiger partial charge in [-0.05, 0) is 55.5 Å². The van der Waals surface area contributed by atoms with E-state index >= 15 is 0 Å². The second-order valence-electron chi connectivity index (χ2n) is 9.78. The molecule has 1 aliphatic heterocycles. The zero-order valence-electron chi connectivity index (χ0n) is 20.0. The fourth-order valence-corrected chi connectivity index (χ4v) is 5.20. The Hall–Kier alpha value is -2.53. The van der Waals surface area contributed by atoms with Gasteiger partial charge in [0.15, 0.2) is 0 Å². The van der Waals surface area contributed by atoms with Crippen LogP contribution in [0.1, 0.15) is 44.6 Å². The van der Waals surface area contributed by atoms with Gasteiger partial charge in [0.1, 0.15) is 5.82 Å². The molecule has 4 rings (SSSR count). The highest BCUT2D eigenvalue weighted by molar-refractivity contribution is 5.93. The summed E-state index contributed by atoms with van der Waals surface area (Å²) in [6.45, 7) is 3.27. The van der Waals surface area contributed by atoms with Crippen LogP contribution in [0.4, 0.5) is 27.8 Å². The number of likely N-dealkylation sites (tertiary alicyclic amines) is 1. The van der Waals surface area contributed by atoms with Gasteiger partial charge in [-0.3, -0.25) is 9.69 Å². The van der Waals surface area contributed by atoms with E-state index in [1.807, 2.05) is 6.92 Å². The number of aliphatic hydroxyl groups excluding tert-OH is 1. The van der Waals surface area contributed by atoms with Crippen LogP contribution in [0.2, 0.25) is 0 Å². The third-order valence-corrected chi connectivity index (χ3v) is 7.40. The normalized spacial score (nSPS) is 22.8. The van der Waals surface area contributed by atoms with E-state index in [4.69, 9.17) is 0 Å². The van der Waals surface area contributed by atoms with E-state index in [0.717, 1.165) is 57.3 Å². The van der Waals surface area contributed by atoms with Crippen molar-refractivity contribution in [2.24, 2.45) is 5.92 Å². The van der Waals surface area contributed by atoms with Crippen molar-refractivity contribution in [1.29, 1.82) is 0 Å². The van der Waals surface area contributed by atoms with Crippen molar-refractivity contribution in [2.45, 2.75) is 69.3 Å². The highest BCUT2D eigenvalue weighted by Gasteiger charge is 2.58. The van der Waals surface area contributed by atoms with Crippen LogP contribution in [0.25, 0.3) is 10.8 Å². The quantitative estimate of drug-likeness (QED) is 0.455. The first-order valence-electron chi connectivity index (χ1n) is 12.3. The number of hydrogen-bond acceptors (Lipinski definition) is 5. The van der Waals surface area contributed by atoms with E-state index in [1.54, 1.807) is 0 Å². The molecule has 1 unspecified atom stereocenters. The Labute approximate surface area is 206 Å². The lowest BCUT2D eigenvalue weighted by molar-refractivity contribution is -0.289. The van der Waals surface area contributed by atoms with Gasteiger partial charge >= 0.3 is 12.1 Å². The highest BCUT2D eigenvalue weighted by Crippen LogP contribution is 2.44. The summed E-state index contributed by atoms with van der Waals surface area (Å²) < 4.78 is 66.0. The summed E-state index contributed by atoms with van der Waals surface area (Å²) in [6, 6.07) is 4.63. The van der Waals surface area contributed by atoms with Crippen LogP contribution in [0.5, 0.6) is 0 Å². The summed E-state index contributed by atoms with van der Waals surface area (Å²) in [7, 11) is 0. The first-order valence-corrected chi connectivity index (χ1v) is 12.3. The number of pyridine rings is 1. The fourth-order valence-electron chi connectivity index (χ4n) is 5.20. The Morgan fingerprint density at radius 3 is 2.47 bits per heavy atom. The van der Waals surface area contributed by atoms with Crippen LogP contribution >= 0.6 is 0 Å². The molecule has 3 N–H and O–H groups in total. The molecule has 11 heteroatoms. The molecule has 1 amide bonds. The maximum Gasteiger partial charge on any atom is 0.458 e. The number of carbonyl (C=O) groups excluding carboxylic acids is 1. The lowest BCUT2D eigenvalue weighted by Crippen LogP contribution is -2.63. The van der Waals surface area contributed by atoms with Gasteiger partial charge in [0.2, 0.25) is 5.91 Å². The summed E-state index contributed by atoms with van der Waals surface area (Å²) in [5, 5.41) is 16.2. The van der Waals surface area contributed by atoms with E-state index in [9.17, 15) is 31.9 Å². The molecule has 1 atom stereocenters. The van der Waals surface area contributed by atoms with Crippen LogP contribution in [0.3, 0.4) is 0 Å². The van der Waals surface area contributed by atoms with Gasteiger partial charge < -0.3 is 15.7 Å². The Kier molecular flexibility index (Phi) is 7.70. The van der Waals surface area contributed by atoms with Crippen LogP contribution in [0.15, 0.2) is 30.5 Å². The van der Waals surface area contributed by atoms with Gasteiger partial charge in [-0.1, -0.05) is 19.1 Å². The Morgan fingerprint density at radius 1 is 1.14 bits per heavy atom. The summed E-state index contributed by atoms with van der Waals surface area (Å²) in [5.74, 6) is -4.89. The number of benzene rings is 1. The predicted molar refractivity (Wildman–Crippen MR) is 126 cm³/mol. The largest absolute Gasteiger partial charge is 0.458 e. The van der Waals surface area contributed by atoms with E-state index in [1.165, 1.54) is 18.3 Å². The standard InChI is InChI=1S/C25H31F5N4O2/c1-2-21(35)16-4-7-19(8-5-16)34-13-18(14-34)33-22(36)12-32-23-20-11-17(24(26,27)25(28,29)30)6-3-15(20)9-10-31-23/h3,6,9-11,16,18-19,21,35H,2,4-5,7-8,12-14H2,1H3,(H,31,32)(H,33,36)/t16-,19-,21?. The van der Waals surface area contributed by atoms with Crippen molar-refractivity contribution in [3.05, 3.63) is 36.0 Å². The number of alkyl halides is 5. The van der Waals surface area contributed by atoms with E-state index in [2.05, 4.69) is 20.5 Å². The van der Waals surface area contributed by atoms with Gasteiger partial charge in [0.05, 0.1) is 18.7 Å². The van der Waals surface area contributed by atoms with Crippen molar-refractivity contribution >= 4 is 22.5 Å². The number of aliphatic hydroxyl groups is 1. The van der Waals surface area contributed by atoms with Crippen molar-refractivity contribution in [3.63, 3.8) is 0 Å². The number of fused-ring (bicyclic) bond motifs is 1. The van der Waals surface area contributed by atoms with Gasteiger partial charge in [-0.25, -0.2) is 4.98 Å². The molecule has 2 aliphatic rings. The number of aromatic nitrogens is 1. The zero-order chi connectivity index (χ0) is 26.1. The summed E-state index contributed by atoms with van der Waals surface area (Å²) in [5.41, 5.74) is -1.18. The van der Waals surface area contributed by atoms with E-state index in [0.29, 0.717) is 17.3 Å². The number of hydrogen-bond donors (Lipinski definition) is 3. The lowest BCUT2D eigenvalue weighted by Gasteiger charge is -2.47. The van der Waals surface area contributed by atoms with Gasteiger partial charge in [0.25, 0.3) is 0 Å². The summed E-state index contributed by atoms with van der Waals surface area (Å²) in [6.07, 6.45) is 0.295. The molecule has 0 radical (unpaired) electrons. The molecule has 1 aromatic heterocycles. The molecule has 1 saturated carbocycles. The number of amides is 1. The number of carbonyl (C=O) groups is 1. The molecule has 2 heterocycles. The van der Waals surface area contributed by atoms with Gasteiger partial charge in [0, 0.05) is 36.3 Å². The van der Waals surface area contributed by atoms with Crippen molar-refractivity contribution in [1.82, 2.24) is 15.2 Å². The Balaban J connectivity index is 1.29. The monoisotopic (exact) mass is 514 g/mol.